The van der Waals surface area contributed by atoms with Crippen LogP contribution >= 0.6 is 34.8 Å². The van der Waals surface area contributed by atoms with Gasteiger partial charge in [-0.2, -0.15) is 0 Å². The van der Waals surface area contributed by atoms with Crippen molar-refractivity contribution < 1.29 is 9.53 Å². The van der Waals surface area contributed by atoms with Gasteiger partial charge in [0.25, 0.3) is 0 Å². The summed E-state index contributed by atoms with van der Waals surface area (Å²) in [4.78, 5) is 11.0. The summed E-state index contributed by atoms with van der Waals surface area (Å²) in [6.45, 7) is 4.35. The highest BCUT2D eigenvalue weighted by atomic mass is 35.6. The zero-order chi connectivity index (χ0) is 11.2. The van der Waals surface area contributed by atoms with Gasteiger partial charge in [-0.1, -0.05) is 41.7 Å². The van der Waals surface area contributed by atoms with E-state index in [1.165, 1.54) is 0 Å². The van der Waals surface area contributed by atoms with Gasteiger partial charge in [0.15, 0.2) is 0 Å². The van der Waals surface area contributed by atoms with Crippen LogP contribution in [0.2, 0.25) is 0 Å². The maximum absolute atomic E-state index is 11.0. The Labute approximate surface area is 98.2 Å². The number of nitrogens with one attached hydrogen (secondary N) is 2. The first-order valence-electron chi connectivity index (χ1n) is 4.15. The first kappa shape index (κ1) is 14.1. The number of hydrogen-bond acceptors (Lipinski definition) is 3. The maximum atomic E-state index is 11.0. The van der Waals surface area contributed by atoms with E-state index < -0.39 is 16.1 Å². The van der Waals surface area contributed by atoms with Crippen LogP contribution < -0.4 is 10.6 Å². The van der Waals surface area contributed by atoms with Crippen molar-refractivity contribution in [1.29, 1.82) is 0 Å². The Balaban J connectivity index is 4.16. The second kappa shape index (κ2) is 6.56. The van der Waals surface area contributed by atoms with Crippen molar-refractivity contribution in [2.24, 2.45) is 0 Å². The van der Waals surface area contributed by atoms with Crippen molar-refractivity contribution in [3.8, 4) is 0 Å². The van der Waals surface area contributed by atoms with Gasteiger partial charge in [-0.3, -0.25) is 5.32 Å². The second-order valence-electron chi connectivity index (χ2n) is 2.40. The van der Waals surface area contributed by atoms with Crippen LogP contribution in [0.3, 0.4) is 0 Å². The number of alkyl halides is 3. The van der Waals surface area contributed by atoms with E-state index in [4.69, 9.17) is 34.8 Å². The number of ether oxygens (including phenoxy) is 1. The number of hydrogen-bond donors (Lipinski definition) is 2. The Morgan fingerprint density at radius 1 is 1.43 bits per heavy atom. The third-order valence-electron chi connectivity index (χ3n) is 1.27. The summed E-state index contributed by atoms with van der Waals surface area (Å²) in [6.07, 6.45) is -1.39. The Morgan fingerprint density at radius 3 is 2.36 bits per heavy atom. The summed E-state index contributed by atoms with van der Waals surface area (Å²) in [7, 11) is 0. The number of amides is 1. The van der Waals surface area contributed by atoms with Gasteiger partial charge >= 0.3 is 6.09 Å². The topological polar surface area (TPSA) is 50.4 Å². The molecule has 0 unspecified atom stereocenters. The number of rotatable bonds is 4. The highest BCUT2D eigenvalue weighted by Gasteiger charge is 2.33. The van der Waals surface area contributed by atoms with E-state index in [2.05, 4.69) is 15.4 Å². The Hall–Kier alpha value is 0.1000. The quantitative estimate of drug-likeness (QED) is 0.603. The van der Waals surface area contributed by atoms with Crippen molar-refractivity contribution in [1.82, 2.24) is 10.6 Å². The summed E-state index contributed by atoms with van der Waals surface area (Å²) < 4.78 is 3.04. The molecule has 84 valence electrons. The van der Waals surface area contributed by atoms with Crippen LogP contribution in [-0.2, 0) is 4.74 Å². The molecule has 0 aromatic heterocycles. The van der Waals surface area contributed by atoms with Crippen LogP contribution in [0, 0.1) is 0 Å². The zero-order valence-corrected chi connectivity index (χ0v) is 10.2. The van der Waals surface area contributed by atoms with E-state index in [0.29, 0.717) is 6.54 Å². The van der Waals surface area contributed by atoms with Crippen LogP contribution in [0.4, 0.5) is 4.79 Å². The highest BCUT2D eigenvalue weighted by molar-refractivity contribution is 6.68. The normalized spacial score (nSPS) is 13.5. The largest absolute Gasteiger partial charge is 0.450 e. The lowest BCUT2D eigenvalue weighted by atomic mass is 10.5. The molecule has 0 aliphatic carbocycles. The fourth-order valence-electron chi connectivity index (χ4n) is 0.743. The third kappa shape index (κ3) is 5.75. The van der Waals surface area contributed by atoms with Gasteiger partial charge in [-0.25, -0.2) is 4.79 Å². The zero-order valence-electron chi connectivity index (χ0n) is 7.94. The predicted molar refractivity (Wildman–Crippen MR) is 57.9 cm³/mol. The van der Waals surface area contributed by atoms with E-state index in [0.717, 1.165) is 0 Å². The van der Waals surface area contributed by atoms with Crippen molar-refractivity contribution in [3.05, 3.63) is 0 Å². The molecule has 0 spiro atoms. The highest BCUT2D eigenvalue weighted by Crippen LogP contribution is 2.28. The Bertz CT molecular complexity index is 184. The molecular formula is C7H13Cl3N2O2. The molecule has 7 heteroatoms. The van der Waals surface area contributed by atoms with Crippen LogP contribution in [0.25, 0.3) is 0 Å². The smallest absolute Gasteiger partial charge is 0.408 e. The van der Waals surface area contributed by atoms with Crippen molar-refractivity contribution in [3.63, 3.8) is 0 Å². The molecule has 0 bridgehead atoms. The van der Waals surface area contributed by atoms with E-state index in [9.17, 15) is 4.79 Å². The molecule has 0 saturated carbocycles. The number of carbonyl (C=O) groups excluding carboxylic acids is 1. The minimum absolute atomic E-state index is 0.268. The summed E-state index contributed by atoms with van der Waals surface area (Å²) >= 11 is 16.9. The fourth-order valence-corrected chi connectivity index (χ4v) is 1.14. The molecule has 0 rings (SSSR count). The Kier molecular flexibility index (Phi) is 6.61. The van der Waals surface area contributed by atoms with E-state index in [1.54, 1.807) is 6.92 Å². The predicted octanol–water partition coefficient (Wildman–Crippen LogP) is 2.04. The molecule has 0 heterocycles. The molecular weight excluding hydrogens is 250 g/mol. The van der Waals surface area contributed by atoms with Crippen molar-refractivity contribution in [2.45, 2.75) is 23.8 Å². The van der Waals surface area contributed by atoms with Gasteiger partial charge in [0.2, 0.25) is 3.79 Å². The van der Waals surface area contributed by atoms with Crippen molar-refractivity contribution >= 4 is 40.9 Å². The maximum Gasteiger partial charge on any atom is 0.408 e. The van der Waals surface area contributed by atoms with E-state index >= 15 is 0 Å². The summed E-state index contributed by atoms with van der Waals surface area (Å²) in [5.41, 5.74) is 0. The monoisotopic (exact) mass is 262 g/mol. The molecule has 0 aromatic rings. The van der Waals surface area contributed by atoms with Gasteiger partial charge < -0.3 is 10.1 Å². The third-order valence-corrected chi connectivity index (χ3v) is 1.93. The van der Waals surface area contributed by atoms with E-state index in [-0.39, 0.29) is 6.61 Å². The first-order chi connectivity index (χ1) is 6.41. The number of carbonyl (C=O) groups is 1. The van der Waals surface area contributed by atoms with Gasteiger partial charge in [-0.05, 0) is 13.5 Å². The standard InChI is InChI=1S/C7H13Cl3N2O2/c1-3-11-5(7(8,9)10)12-6(13)14-4-2/h5,11H,3-4H2,1-2H3,(H,12,13)/t5-/m0/s1. The lowest BCUT2D eigenvalue weighted by Gasteiger charge is -2.25. The average Bonchev–Trinajstić information content (AvgIpc) is 2.02. The molecule has 14 heavy (non-hydrogen) atoms. The lowest BCUT2D eigenvalue weighted by Crippen LogP contribution is -2.53. The lowest BCUT2D eigenvalue weighted by molar-refractivity contribution is 0.146. The van der Waals surface area contributed by atoms with Gasteiger partial charge in [0.05, 0.1) is 6.61 Å². The van der Waals surface area contributed by atoms with Gasteiger partial charge in [-0.15, -0.1) is 0 Å². The SMILES string of the molecule is CCN[C@@H](NC(=O)OCC)C(Cl)(Cl)Cl. The van der Waals surface area contributed by atoms with Gasteiger partial charge in [0, 0.05) is 0 Å². The first-order valence-corrected chi connectivity index (χ1v) is 5.28. The minimum Gasteiger partial charge on any atom is -0.450 e. The number of alkyl carbamates (subject to hydrolysis) is 1. The molecule has 0 aliphatic heterocycles. The van der Waals surface area contributed by atoms with Crippen LogP contribution in [0.5, 0.6) is 0 Å². The Morgan fingerprint density at radius 2 is 2.00 bits per heavy atom. The number of halogens is 3. The summed E-state index contributed by atoms with van der Waals surface area (Å²) in [5, 5.41) is 5.19. The van der Waals surface area contributed by atoms with Crippen LogP contribution in [0.1, 0.15) is 13.8 Å². The second-order valence-corrected chi connectivity index (χ2v) is 4.77. The summed E-state index contributed by atoms with van der Waals surface area (Å²) in [5.74, 6) is 0. The molecule has 4 nitrogen and oxygen atoms in total. The van der Waals surface area contributed by atoms with Gasteiger partial charge in [0.1, 0.15) is 6.17 Å². The molecule has 0 saturated heterocycles. The summed E-state index contributed by atoms with van der Waals surface area (Å²) in [6, 6.07) is 0. The molecule has 0 aromatic carbocycles. The van der Waals surface area contributed by atoms with Crippen LogP contribution in [0.15, 0.2) is 0 Å². The molecule has 2 N–H and O–H groups in total. The molecule has 1 atom stereocenters. The van der Waals surface area contributed by atoms with E-state index in [1.807, 2.05) is 6.92 Å². The van der Waals surface area contributed by atoms with Crippen molar-refractivity contribution in [2.75, 3.05) is 13.2 Å². The molecule has 1 amide bonds. The molecule has 0 fully saturated rings. The fraction of sp³-hybridized carbons (Fsp3) is 0.857. The average molecular weight is 264 g/mol. The molecule has 0 radical (unpaired) electrons. The van der Waals surface area contributed by atoms with Crippen LogP contribution in [-0.4, -0.2) is 29.2 Å². The molecule has 0 aliphatic rings. The minimum atomic E-state index is -1.61.